The third-order valence-corrected chi connectivity index (χ3v) is 4.84. The van der Waals surface area contributed by atoms with Crippen LogP contribution in [0.25, 0.3) is 0 Å². The molecule has 1 fully saturated rings. The van der Waals surface area contributed by atoms with Crippen molar-refractivity contribution in [3.05, 3.63) is 23.8 Å². The smallest absolute Gasteiger partial charge is 0.102 e. The molecule has 0 amide bonds. The SMILES string of the molecule is CC1(C)C[C@@H]2C(CO)=CC=C[C@@](C)(O)C[C@H](O)[C@]21O. The first-order valence-electron chi connectivity index (χ1n) is 6.76. The Balaban J connectivity index is 2.45. The van der Waals surface area contributed by atoms with Gasteiger partial charge in [0.25, 0.3) is 0 Å². The van der Waals surface area contributed by atoms with Crippen molar-refractivity contribution < 1.29 is 20.4 Å². The standard InChI is InChI=1S/C15H24O4/c1-13(2)7-11-10(9-16)5-4-6-14(3,18)8-12(17)15(11,13)19/h4-6,11-12,16-19H,7-9H2,1-3H3/t11-,12+,14-,15-/m1/s1. The summed E-state index contributed by atoms with van der Waals surface area (Å²) in [5.41, 5.74) is -2.22. The van der Waals surface area contributed by atoms with Crippen LogP contribution in [0.1, 0.15) is 33.6 Å². The van der Waals surface area contributed by atoms with Gasteiger partial charge in [-0.15, -0.1) is 0 Å². The maximum Gasteiger partial charge on any atom is 0.102 e. The predicted octanol–water partition coefficient (Wildman–Crippen LogP) is 0.754. The Bertz CT molecular complexity index is 422. The molecule has 0 saturated heterocycles. The third kappa shape index (κ3) is 2.17. The molecular formula is C15H24O4. The zero-order valence-corrected chi connectivity index (χ0v) is 11.8. The summed E-state index contributed by atoms with van der Waals surface area (Å²) in [5.74, 6) is -0.263. The van der Waals surface area contributed by atoms with E-state index in [0.29, 0.717) is 12.0 Å². The normalized spacial score (nSPS) is 45.3. The Kier molecular flexibility index (Phi) is 3.42. The second-order valence-electron chi connectivity index (χ2n) is 6.80. The molecule has 4 atom stereocenters. The lowest BCUT2D eigenvalue weighted by molar-refractivity contribution is -0.250. The highest BCUT2D eigenvalue weighted by molar-refractivity contribution is 5.30. The number of hydrogen-bond acceptors (Lipinski definition) is 4. The highest BCUT2D eigenvalue weighted by Gasteiger charge is 2.64. The summed E-state index contributed by atoms with van der Waals surface area (Å²) >= 11 is 0. The number of fused-ring (bicyclic) bond motifs is 1. The minimum absolute atomic E-state index is 0.0759. The van der Waals surface area contributed by atoms with Crippen LogP contribution in [0, 0.1) is 11.3 Å². The molecular weight excluding hydrogens is 244 g/mol. The maximum absolute atomic E-state index is 10.9. The van der Waals surface area contributed by atoms with Crippen LogP contribution >= 0.6 is 0 Å². The van der Waals surface area contributed by atoms with Crippen LogP contribution < -0.4 is 0 Å². The van der Waals surface area contributed by atoms with Crippen LogP contribution in [0.2, 0.25) is 0 Å². The Labute approximate surface area is 114 Å². The molecule has 2 rings (SSSR count). The van der Waals surface area contributed by atoms with Crippen molar-refractivity contribution in [2.45, 2.75) is 50.9 Å². The molecule has 1 saturated carbocycles. The van der Waals surface area contributed by atoms with Gasteiger partial charge >= 0.3 is 0 Å². The van der Waals surface area contributed by atoms with Gasteiger partial charge in [0.1, 0.15) is 5.60 Å². The average molecular weight is 268 g/mol. The molecule has 0 aromatic heterocycles. The van der Waals surface area contributed by atoms with Gasteiger partial charge in [0.2, 0.25) is 0 Å². The molecule has 4 N–H and O–H groups in total. The molecule has 0 spiro atoms. The highest BCUT2D eigenvalue weighted by atomic mass is 16.3. The first-order valence-corrected chi connectivity index (χ1v) is 6.76. The largest absolute Gasteiger partial charge is 0.392 e. The molecule has 108 valence electrons. The lowest BCUT2D eigenvalue weighted by Gasteiger charge is -2.61. The van der Waals surface area contributed by atoms with Crippen LogP contribution in [-0.2, 0) is 0 Å². The van der Waals surface area contributed by atoms with Gasteiger partial charge < -0.3 is 20.4 Å². The monoisotopic (exact) mass is 268 g/mol. The molecule has 2 aliphatic carbocycles. The van der Waals surface area contributed by atoms with Gasteiger partial charge in [0, 0.05) is 12.3 Å². The number of hydrogen-bond donors (Lipinski definition) is 4. The molecule has 0 bridgehead atoms. The zero-order chi connectivity index (χ0) is 14.5. The van der Waals surface area contributed by atoms with E-state index in [1.807, 2.05) is 13.8 Å². The Morgan fingerprint density at radius 2 is 1.84 bits per heavy atom. The van der Waals surface area contributed by atoms with Gasteiger partial charge in [-0.2, -0.15) is 0 Å². The fourth-order valence-electron chi connectivity index (χ4n) is 3.54. The van der Waals surface area contributed by atoms with Crippen LogP contribution in [0.4, 0.5) is 0 Å². The van der Waals surface area contributed by atoms with E-state index in [9.17, 15) is 20.4 Å². The van der Waals surface area contributed by atoms with Crippen molar-refractivity contribution >= 4 is 0 Å². The van der Waals surface area contributed by atoms with Crippen LogP contribution in [0.3, 0.4) is 0 Å². The predicted molar refractivity (Wildman–Crippen MR) is 72.4 cm³/mol. The van der Waals surface area contributed by atoms with Crippen LogP contribution in [0.5, 0.6) is 0 Å². The summed E-state index contributed by atoms with van der Waals surface area (Å²) in [6.07, 6.45) is 4.77. The molecule has 4 heteroatoms. The summed E-state index contributed by atoms with van der Waals surface area (Å²) in [5, 5.41) is 41.0. The minimum atomic E-state index is -1.31. The molecule has 0 aromatic carbocycles. The van der Waals surface area contributed by atoms with E-state index in [0.717, 1.165) is 0 Å². The fraction of sp³-hybridized carbons (Fsp3) is 0.733. The van der Waals surface area contributed by atoms with Crippen molar-refractivity contribution in [3.63, 3.8) is 0 Å². The Morgan fingerprint density at radius 3 is 2.37 bits per heavy atom. The molecule has 0 heterocycles. The maximum atomic E-state index is 10.9. The number of aliphatic hydroxyl groups excluding tert-OH is 2. The lowest BCUT2D eigenvalue weighted by atomic mass is 9.48. The number of aliphatic hydroxyl groups is 4. The lowest BCUT2D eigenvalue weighted by Crippen LogP contribution is -2.69. The van der Waals surface area contributed by atoms with Crippen LogP contribution in [0.15, 0.2) is 23.8 Å². The van der Waals surface area contributed by atoms with Crippen molar-refractivity contribution in [3.8, 4) is 0 Å². The second kappa shape index (κ2) is 4.42. The van der Waals surface area contributed by atoms with Crippen LogP contribution in [-0.4, -0.2) is 44.3 Å². The van der Waals surface area contributed by atoms with Gasteiger partial charge in [-0.3, -0.25) is 0 Å². The molecule has 0 aromatic rings. The molecule has 0 aliphatic heterocycles. The van der Waals surface area contributed by atoms with Gasteiger partial charge in [-0.05, 0) is 24.3 Å². The van der Waals surface area contributed by atoms with Crippen molar-refractivity contribution in [1.82, 2.24) is 0 Å². The van der Waals surface area contributed by atoms with E-state index in [1.165, 1.54) is 0 Å². The topological polar surface area (TPSA) is 80.9 Å². The zero-order valence-electron chi connectivity index (χ0n) is 11.8. The van der Waals surface area contributed by atoms with E-state index in [1.54, 1.807) is 25.2 Å². The van der Waals surface area contributed by atoms with Gasteiger partial charge in [0.15, 0.2) is 0 Å². The molecule has 2 aliphatic rings. The van der Waals surface area contributed by atoms with Gasteiger partial charge in [0.05, 0.1) is 18.3 Å². The quantitative estimate of drug-likeness (QED) is 0.566. The van der Waals surface area contributed by atoms with E-state index in [-0.39, 0.29) is 18.9 Å². The fourth-order valence-corrected chi connectivity index (χ4v) is 3.54. The van der Waals surface area contributed by atoms with Gasteiger partial charge in [-0.25, -0.2) is 0 Å². The highest BCUT2D eigenvalue weighted by Crippen LogP contribution is 2.59. The summed E-state index contributed by atoms with van der Waals surface area (Å²) in [7, 11) is 0. The molecule has 4 nitrogen and oxygen atoms in total. The molecule has 19 heavy (non-hydrogen) atoms. The second-order valence-corrected chi connectivity index (χ2v) is 6.80. The third-order valence-electron chi connectivity index (χ3n) is 4.84. The number of allylic oxidation sites excluding steroid dienone is 2. The minimum Gasteiger partial charge on any atom is -0.392 e. The van der Waals surface area contributed by atoms with E-state index in [4.69, 9.17) is 0 Å². The van der Waals surface area contributed by atoms with E-state index >= 15 is 0 Å². The average Bonchev–Trinajstić information content (AvgIpc) is 2.32. The van der Waals surface area contributed by atoms with Gasteiger partial charge in [-0.1, -0.05) is 32.1 Å². The van der Waals surface area contributed by atoms with E-state index < -0.39 is 22.7 Å². The molecule has 0 unspecified atom stereocenters. The summed E-state index contributed by atoms with van der Waals surface area (Å²) in [4.78, 5) is 0. The Morgan fingerprint density at radius 1 is 1.21 bits per heavy atom. The van der Waals surface area contributed by atoms with Crippen molar-refractivity contribution in [1.29, 1.82) is 0 Å². The summed E-state index contributed by atoms with van der Waals surface area (Å²) < 4.78 is 0. The molecule has 0 radical (unpaired) electrons. The summed E-state index contributed by atoms with van der Waals surface area (Å²) in [6, 6.07) is 0. The number of rotatable bonds is 1. The first-order chi connectivity index (χ1) is 8.64. The van der Waals surface area contributed by atoms with Crippen molar-refractivity contribution in [2.75, 3.05) is 6.61 Å². The summed E-state index contributed by atoms with van der Waals surface area (Å²) in [6.45, 7) is 5.26. The van der Waals surface area contributed by atoms with Crippen molar-refractivity contribution in [2.24, 2.45) is 11.3 Å². The first kappa shape index (κ1) is 14.7. The Hall–Kier alpha value is -0.680. The van der Waals surface area contributed by atoms with E-state index in [2.05, 4.69) is 0 Å².